The zero-order valence-electron chi connectivity index (χ0n) is 11.5. The van der Waals surface area contributed by atoms with Crippen molar-refractivity contribution < 1.29 is 14.3 Å². The summed E-state index contributed by atoms with van der Waals surface area (Å²) >= 11 is 2.88. The van der Waals surface area contributed by atoms with E-state index in [0.717, 1.165) is 17.1 Å². The van der Waals surface area contributed by atoms with Crippen molar-refractivity contribution in [1.29, 1.82) is 0 Å². The van der Waals surface area contributed by atoms with Gasteiger partial charge in [-0.05, 0) is 18.2 Å². The Bertz CT molecular complexity index is 648. The third-order valence-corrected chi connectivity index (χ3v) is 5.01. The maximum absolute atomic E-state index is 12.2. The van der Waals surface area contributed by atoms with Gasteiger partial charge in [-0.2, -0.15) is 0 Å². The van der Waals surface area contributed by atoms with Crippen LogP contribution in [0.5, 0.6) is 11.5 Å². The second-order valence-electron chi connectivity index (χ2n) is 4.26. The number of carbonyl (C=O) groups excluding carboxylic acids is 1. The predicted molar refractivity (Wildman–Crippen MR) is 82.1 cm³/mol. The summed E-state index contributed by atoms with van der Waals surface area (Å²) in [5, 5.41) is 8.24. The number of anilines is 1. The van der Waals surface area contributed by atoms with Crippen LogP contribution >= 0.6 is 23.1 Å². The minimum Gasteiger partial charge on any atom is -0.497 e. The van der Waals surface area contributed by atoms with Gasteiger partial charge in [-0.15, -0.1) is 22.0 Å². The van der Waals surface area contributed by atoms with Crippen LogP contribution in [0.4, 0.5) is 5.13 Å². The Balaban J connectivity index is 2.04. The highest BCUT2D eigenvalue weighted by Crippen LogP contribution is 2.45. The molecule has 110 valence electrons. The molecule has 2 aromatic rings. The van der Waals surface area contributed by atoms with Gasteiger partial charge in [0.15, 0.2) is 0 Å². The largest absolute Gasteiger partial charge is 0.497 e. The lowest BCUT2D eigenvalue weighted by molar-refractivity contribution is -0.115. The first kappa shape index (κ1) is 14.2. The second-order valence-corrected chi connectivity index (χ2v) is 6.14. The summed E-state index contributed by atoms with van der Waals surface area (Å²) in [6.45, 7) is 0. The van der Waals surface area contributed by atoms with Crippen LogP contribution in [-0.2, 0) is 4.79 Å². The molecule has 1 fully saturated rings. The van der Waals surface area contributed by atoms with Crippen LogP contribution in [0.25, 0.3) is 0 Å². The van der Waals surface area contributed by atoms with E-state index in [2.05, 4.69) is 10.2 Å². The zero-order chi connectivity index (χ0) is 14.8. The average Bonchev–Trinajstić information content (AvgIpc) is 3.15. The normalized spacial score (nSPS) is 18.1. The first-order chi connectivity index (χ1) is 10.2. The van der Waals surface area contributed by atoms with Crippen molar-refractivity contribution >= 4 is 34.1 Å². The Morgan fingerprint density at radius 2 is 2.19 bits per heavy atom. The third kappa shape index (κ3) is 2.56. The van der Waals surface area contributed by atoms with E-state index in [0.29, 0.717) is 10.9 Å². The number of amides is 1. The van der Waals surface area contributed by atoms with Crippen molar-refractivity contribution in [2.45, 2.75) is 5.37 Å². The van der Waals surface area contributed by atoms with E-state index in [1.807, 2.05) is 18.2 Å². The van der Waals surface area contributed by atoms with E-state index in [1.54, 1.807) is 24.6 Å². The van der Waals surface area contributed by atoms with Gasteiger partial charge >= 0.3 is 0 Å². The summed E-state index contributed by atoms with van der Waals surface area (Å²) < 4.78 is 10.7. The monoisotopic (exact) mass is 323 g/mol. The van der Waals surface area contributed by atoms with Crippen molar-refractivity contribution in [2.75, 3.05) is 24.9 Å². The van der Waals surface area contributed by atoms with Crippen LogP contribution in [-0.4, -0.2) is 36.1 Å². The quantitative estimate of drug-likeness (QED) is 0.860. The zero-order valence-corrected chi connectivity index (χ0v) is 13.1. The SMILES string of the molecule is COc1ccc(OC)c([C@H]2SCC(=O)N2c2nncs2)c1. The third-order valence-electron chi connectivity index (χ3n) is 3.13. The van der Waals surface area contributed by atoms with E-state index in [9.17, 15) is 4.79 Å². The maximum atomic E-state index is 12.2. The fraction of sp³-hybridized carbons (Fsp3) is 0.308. The minimum absolute atomic E-state index is 0.0200. The van der Waals surface area contributed by atoms with Crippen molar-refractivity contribution in [1.82, 2.24) is 10.2 Å². The number of rotatable bonds is 4. The molecule has 3 rings (SSSR count). The smallest absolute Gasteiger partial charge is 0.240 e. The lowest BCUT2D eigenvalue weighted by atomic mass is 10.1. The van der Waals surface area contributed by atoms with E-state index in [1.165, 1.54) is 23.1 Å². The Morgan fingerprint density at radius 3 is 2.86 bits per heavy atom. The van der Waals surface area contributed by atoms with Crippen LogP contribution in [0.3, 0.4) is 0 Å². The van der Waals surface area contributed by atoms with Crippen molar-refractivity contribution in [3.05, 3.63) is 29.3 Å². The number of hydrogen-bond acceptors (Lipinski definition) is 7. The minimum atomic E-state index is -0.185. The molecular weight excluding hydrogens is 310 g/mol. The maximum Gasteiger partial charge on any atom is 0.240 e. The van der Waals surface area contributed by atoms with E-state index < -0.39 is 0 Å². The Labute approximate surface area is 130 Å². The summed E-state index contributed by atoms with van der Waals surface area (Å²) in [5.41, 5.74) is 2.51. The second kappa shape index (κ2) is 5.90. The molecule has 0 unspecified atom stereocenters. The van der Waals surface area contributed by atoms with Crippen LogP contribution in [0.2, 0.25) is 0 Å². The first-order valence-electron chi connectivity index (χ1n) is 6.16. The molecule has 0 bridgehead atoms. The van der Waals surface area contributed by atoms with E-state index in [4.69, 9.17) is 9.47 Å². The number of nitrogens with zero attached hydrogens (tertiary/aromatic N) is 3. The van der Waals surface area contributed by atoms with Gasteiger partial charge in [0.25, 0.3) is 0 Å². The Morgan fingerprint density at radius 1 is 1.33 bits per heavy atom. The number of benzene rings is 1. The lowest BCUT2D eigenvalue weighted by Gasteiger charge is -2.23. The van der Waals surface area contributed by atoms with E-state index in [-0.39, 0.29) is 11.3 Å². The van der Waals surface area contributed by atoms with Gasteiger partial charge in [-0.1, -0.05) is 11.3 Å². The van der Waals surface area contributed by atoms with Gasteiger partial charge in [-0.25, -0.2) is 0 Å². The summed E-state index contributed by atoms with van der Waals surface area (Å²) in [4.78, 5) is 13.8. The van der Waals surface area contributed by atoms with Crippen LogP contribution in [0.1, 0.15) is 10.9 Å². The first-order valence-corrected chi connectivity index (χ1v) is 8.09. The molecule has 1 aromatic carbocycles. The highest BCUT2D eigenvalue weighted by Gasteiger charge is 2.37. The molecule has 1 saturated heterocycles. The fourth-order valence-corrected chi connectivity index (χ4v) is 4.01. The molecule has 1 atom stereocenters. The number of aromatic nitrogens is 2. The van der Waals surface area contributed by atoms with Gasteiger partial charge in [-0.3, -0.25) is 9.69 Å². The number of thioether (sulfide) groups is 1. The van der Waals surface area contributed by atoms with Gasteiger partial charge in [0.05, 0.1) is 20.0 Å². The molecule has 0 radical (unpaired) electrons. The van der Waals surface area contributed by atoms with E-state index >= 15 is 0 Å². The molecule has 0 saturated carbocycles. The average molecular weight is 323 g/mol. The standard InChI is InChI=1S/C13H13N3O3S2/c1-18-8-3-4-10(19-2)9(5-8)12-16(11(17)6-20-12)13-15-14-7-21-13/h3-5,7,12H,6H2,1-2H3/t12-/m1/s1. The molecule has 2 heterocycles. The van der Waals surface area contributed by atoms with Gasteiger partial charge in [0, 0.05) is 5.56 Å². The highest BCUT2D eigenvalue weighted by molar-refractivity contribution is 8.00. The fourth-order valence-electron chi connectivity index (χ4n) is 2.17. The number of carbonyl (C=O) groups is 1. The van der Waals surface area contributed by atoms with Crippen LogP contribution < -0.4 is 14.4 Å². The van der Waals surface area contributed by atoms with Gasteiger partial charge < -0.3 is 9.47 Å². The topological polar surface area (TPSA) is 64.6 Å². The van der Waals surface area contributed by atoms with Crippen molar-refractivity contribution in [3.8, 4) is 11.5 Å². The lowest BCUT2D eigenvalue weighted by Crippen LogP contribution is -2.28. The number of methoxy groups -OCH3 is 2. The number of hydrogen-bond donors (Lipinski definition) is 0. The molecule has 0 N–H and O–H groups in total. The molecule has 0 spiro atoms. The van der Waals surface area contributed by atoms with Crippen molar-refractivity contribution in [2.24, 2.45) is 0 Å². The predicted octanol–water partition coefficient (Wildman–Crippen LogP) is 2.33. The summed E-state index contributed by atoms with van der Waals surface area (Å²) in [7, 11) is 3.23. The molecule has 1 aliphatic heterocycles. The molecule has 1 amide bonds. The molecule has 1 aliphatic rings. The summed E-state index contributed by atoms with van der Waals surface area (Å²) in [5.74, 6) is 1.87. The summed E-state index contributed by atoms with van der Waals surface area (Å²) in [6, 6.07) is 5.57. The highest BCUT2D eigenvalue weighted by atomic mass is 32.2. The number of ether oxygens (including phenoxy) is 2. The van der Waals surface area contributed by atoms with Gasteiger partial charge in [0.2, 0.25) is 11.0 Å². The molecule has 6 nitrogen and oxygen atoms in total. The Kier molecular flexibility index (Phi) is 3.98. The van der Waals surface area contributed by atoms with Crippen LogP contribution in [0.15, 0.2) is 23.7 Å². The van der Waals surface area contributed by atoms with Gasteiger partial charge in [0.1, 0.15) is 22.4 Å². The molecule has 8 heteroatoms. The molecule has 1 aromatic heterocycles. The van der Waals surface area contributed by atoms with Crippen LogP contribution in [0, 0.1) is 0 Å². The summed E-state index contributed by atoms with van der Waals surface area (Å²) in [6.07, 6.45) is 0. The van der Waals surface area contributed by atoms with Crippen molar-refractivity contribution in [3.63, 3.8) is 0 Å². The molecular formula is C13H13N3O3S2. The molecule has 21 heavy (non-hydrogen) atoms. The molecule has 0 aliphatic carbocycles. The Hall–Kier alpha value is -1.80.